The first-order chi connectivity index (χ1) is 9.63. The van der Waals surface area contributed by atoms with E-state index in [0.717, 1.165) is 17.0 Å². The number of aromatic nitrogens is 2. The molecule has 0 spiro atoms. The van der Waals surface area contributed by atoms with Crippen molar-refractivity contribution in [1.82, 2.24) is 9.78 Å². The standard InChI is InChI=1S/C15H18N4O/c1-11(2)19-10-12(9-17-19)15(8-16)18-13-5-4-6-14(7-13)20-3/h4-7,9-11,15,18H,1-3H3. The quantitative estimate of drug-likeness (QED) is 0.906. The van der Waals surface area contributed by atoms with Crippen molar-refractivity contribution in [3.8, 4) is 11.8 Å². The van der Waals surface area contributed by atoms with Gasteiger partial charge in [0.05, 0.1) is 19.4 Å². The third-order valence-corrected chi connectivity index (χ3v) is 2.99. The summed E-state index contributed by atoms with van der Waals surface area (Å²) in [5.74, 6) is 0.754. The third-order valence-electron chi connectivity index (χ3n) is 2.99. The SMILES string of the molecule is COc1cccc(NC(C#N)c2cnn(C(C)C)c2)c1. The second-order valence-electron chi connectivity index (χ2n) is 4.79. The fourth-order valence-electron chi connectivity index (χ4n) is 1.85. The molecule has 1 unspecified atom stereocenters. The molecule has 0 aliphatic heterocycles. The molecule has 1 atom stereocenters. The number of methoxy groups -OCH3 is 1. The summed E-state index contributed by atoms with van der Waals surface area (Å²) in [6.45, 7) is 4.10. The molecule has 2 rings (SSSR count). The number of nitrogens with zero attached hydrogens (tertiary/aromatic N) is 3. The van der Waals surface area contributed by atoms with Gasteiger partial charge in [-0.25, -0.2) is 0 Å². The van der Waals surface area contributed by atoms with Gasteiger partial charge in [0, 0.05) is 29.6 Å². The van der Waals surface area contributed by atoms with Gasteiger partial charge in [0.2, 0.25) is 0 Å². The van der Waals surface area contributed by atoms with E-state index in [0.29, 0.717) is 0 Å². The van der Waals surface area contributed by atoms with Crippen LogP contribution in [0.15, 0.2) is 36.7 Å². The van der Waals surface area contributed by atoms with E-state index in [4.69, 9.17) is 4.74 Å². The van der Waals surface area contributed by atoms with Crippen molar-refractivity contribution >= 4 is 5.69 Å². The Kier molecular flexibility index (Phi) is 4.26. The van der Waals surface area contributed by atoms with Crippen LogP contribution in [0.4, 0.5) is 5.69 Å². The number of hydrogen-bond acceptors (Lipinski definition) is 4. The molecule has 0 aliphatic rings. The van der Waals surface area contributed by atoms with Crippen molar-refractivity contribution in [2.45, 2.75) is 25.9 Å². The summed E-state index contributed by atoms with van der Waals surface area (Å²) in [6, 6.07) is 9.60. The van der Waals surface area contributed by atoms with Crippen LogP contribution in [-0.4, -0.2) is 16.9 Å². The van der Waals surface area contributed by atoms with E-state index >= 15 is 0 Å². The van der Waals surface area contributed by atoms with Crippen molar-refractivity contribution in [3.63, 3.8) is 0 Å². The van der Waals surface area contributed by atoms with E-state index < -0.39 is 6.04 Å². The van der Waals surface area contributed by atoms with Crippen molar-refractivity contribution in [3.05, 3.63) is 42.2 Å². The molecule has 1 aromatic carbocycles. The highest BCUT2D eigenvalue weighted by Crippen LogP contribution is 2.22. The first-order valence-electron chi connectivity index (χ1n) is 6.48. The number of anilines is 1. The highest BCUT2D eigenvalue weighted by Gasteiger charge is 2.13. The third kappa shape index (κ3) is 3.09. The number of rotatable bonds is 5. The summed E-state index contributed by atoms with van der Waals surface area (Å²) in [5.41, 5.74) is 1.69. The molecular formula is C15H18N4O. The maximum absolute atomic E-state index is 9.33. The van der Waals surface area contributed by atoms with E-state index in [1.807, 2.05) is 49.0 Å². The van der Waals surface area contributed by atoms with E-state index in [9.17, 15) is 5.26 Å². The highest BCUT2D eigenvalue weighted by atomic mass is 16.5. The zero-order valence-corrected chi connectivity index (χ0v) is 11.9. The molecule has 0 saturated heterocycles. The summed E-state index contributed by atoms with van der Waals surface area (Å²) >= 11 is 0. The molecule has 0 aliphatic carbocycles. The van der Waals surface area contributed by atoms with Gasteiger partial charge in [0.25, 0.3) is 0 Å². The molecule has 1 N–H and O–H groups in total. The number of benzene rings is 1. The second-order valence-corrected chi connectivity index (χ2v) is 4.79. The monoisotopic (exact) mass is 270 g/mol. The van der Waals surface area contributed by atoms with E-state index in [1.165, 1.54) is 0 Å². The van der Waals surface area contributed by atoms with Crippen molar-refractivity contribution in [2.24, 2.45) is 0 Å². The lowest BCUT2D eigenvalue weighted by Gasteiger charge is -2.12. The van der Waals surface area contributed by atoms with Crippen LogP contribution in [0.5, 0.6) is 5.75 Å². The minimum atomic E-state index is -0.436. The maximum atomic E-state index is 9.33. The molecule has 20 heavy (non-hydrogen) atoms. The second kappa shape index (κ2) is 6.11. The topological polar surface area (TPSA) is 62.9 Å². The van der Waals surface area contributed by atoms with E-state index in [2.05, 4.69) is 16.5 Å². The minimum Gasteiger partial charge on any atom is -0.497 e. The van der Waals surface area contributed by atoms with Gasteiger partial charge in [-0.1, -0.05) is 6.07 Å². The molecule has 1 aromatic heterocycles. The Bertz CT molecular complexity index is 612. The lowest BCUT2D eigenvalue weighted by atomic mass is 10.1. The lowest BCUT2D eigenvalue weighted by molar-refractivity contribution is 0.415. The molecule has 0 fully saturated rings. The summed E-state index contributed by atoms with van der Waals surface area (Å²) in [6.07, 6.45) is 3.62. The summed E-state index contributed by atoms with van der Waals surface area (Å²) in [4.78, 5) is 0. The average molecular weight is 270 g/mol. The Balaban J connectivity index is 2.17. The summed E-state index contributed by atoms with van der Waals surface area (Å²) in [7, 11) is 1.62. The Morgan fingerprint density at radius 2 is 2.20 bits per heavy atom. The zero-order chi connectivity index (χ0) is 14.5. The van der Waals surface area contributed by atoms with Gasteiger partial charge in [0.1, 0.15) is 11.8 Å². The van der Waals surface area contributed by atoms with Crippen LogP contribution in [-0.2, 0) is 0 Å². The van der Waals surface area contributed by atoms with Gasteiger partial charge in [-0.05, 0) is 26.0 Å². The number of ether oxygens (including phenoxy) is 1. The van der Waals surface area contributed by atoms with Crippen molar-refractivity contribution in [1.29, 1.82) is 5.26 Å². The van der Waals surface area contributed by atoms with Gasteiger partial charge >= 0.3 is 0 Å². The smallest absolute Gasteiger partial charge is 0.143 e. The van der Waals surface area contributed by atoms with Gasteiger partial charge < -0.3 is 10.1 Å². The molecular weight excluding hydrogens is 252 g/mol. The molecule has 5 heteroatoms. The first-order valence-corrected chi connectivity index (χ1v) is 6.48. The molecule has 0 bridgehead atoms. The summed E-state index contributed by atoms with van der Waals surface area (Å²) in [5, 5.41) is 16.8. The number of hydrogen-bond donors (Lipinski definition) is 1. The van der Waals surface area contributed by atoms with Crippen LogP contribution < -0.4 is 10.1 Å². The van der Waals surface area contributed by atoms with Crippen LogP contribution in [0, 0.1) is 11.3 Å². The molecule has 104 valence electrons. The Morgan fingerprint density at radius 3 is 2.80 bits per heavy atom. The Labute approximate surface area is 118 Å². The fraction of sp³-hybridized carbons (Fsp3) is 0.333. The largest absolute Gasteiger partial charge is 0.497 e. The van der Waals surface area contributed by atoms with Crippen LogP contribution >= 0.6 is 0 Å². The van der Waals surface area contributed by atoms with Crippen LogP contribution in [0.25, 0.3) is 0 Å². The number of nitrogens with one attached hydrogen (secondary N) is 1. The lowest BCUT2D eigenvalue weighted by Crippen LogP contribution is -2.08. The highest BCUT2D eigenvalue weighted by molar-refractivity contribution is 5.51. The summed E-state index contributed by atoms with van der Waals surface area (Å²) < 4.78 is 7.01. The predicted octanol–water partition coefficient (Wildman–Crippen LogP) is 3.15. The number of nitriles is 1. The first kappa shape index (κ1) is 13.9. The molecule has 0 saturated carbocycles. The normalized spacial score (nSPS) is 11.9. The fourth-order valence-corrected chi connectivity index (χ4v) is 1.85. The Hall–Kier alpha value is -2.48. The van der Waals surface area contributed by atoms with Crippen LogP contribution in [0.1, 0.15) is 31.5 Å². The van der Waals surface area contributed by atoms with Gasteiger partial charge in [-0.2, -0.15) is 10.4 Å². The predicted molar refractivity (Wildman–Crippen MR) is 77.6 cm³/mol. The Morgan fingerprint density at radius 1 is 1.40 bits per heavy atom. The van der Waals surface area contributed by atoms with Gasteiger partial charge in [0.15, 0.2) is 0 Å². The van der Waals surface area contributed by atoms with Crippen molar-refractivity contribution in [2.75, 3.05) is 12.4 Å². The van der Waals surface area contributed by atoms with Gasteiger partial charge in [-0.3, -0.25) is 4.68 Å². The zero-order valence-electron chi connectivity index (χ0n) is 11.9. The molecule has 0 radical (unpaired) electrons. The van der Waals surface area contributed by atoms with E-state index in [1.54, 1.807) is 13.3 Å². The molecule has 0 amide bonds. The van der Waals surface area contributed by atoms with E-state index in [-0.39, 0.29) is 6.04 Å². The van der Waals surface area contributed by atoms with Crippen LogP contribution in [0.2, 0.25) is 0 Å². The molecule has 5 nitrogen and oxygen atoms in total. The maximum Gasteiger partial charge on any atom is 0.143 e. The van der Waals surface area contributed by atoms with Crippen molar-refractivity contribution < 1.29 is 4.74 Å². The van der Waals surface area contributed by atoms with Crippen LogP contribution in [0.3, 0.4) is 0 Å². The average Bonchev–Trinajstić information content (AvgIpc) is 2.95. The minimum absolute atomic E-state index is 0.278. The molecule has 1 heterocycles. The molecule has 2 aromatic rings. The van der Waals surface area contributed by atoms with Gasteiger partial charge in [-0.15, -0.1) is 0 Å².